The molecule has 0 aliphatic heterocycles. The molecule has 0 saturated carbocycles. The van der Waals surface area contributed by atoms with Crippen LogP contribution in [-0.4, -0.2) is 22.8 Å². The topological polar surface area (TPSA) is 53.1 Å². The van der Waals surface area contributed by atoms with E-state index in [0.29, 0.717) is 5.95 Å². The molecule has 0 radical (unpaired) electrons. The number of aromatic nitrogens is 2. The van der Waals surface area contributed by atoms with E-state index in [1.54, 1.807) is 7.11 Å². The van der Waals surface area contributed by atoms with Crippen molar-refractivity contribution in [3.8, 4) is 0 Å². The van der Waals surface area contributed by atoms with Crippen molar-refractivity contribution >= 4 is 5.95 Å². The number of nitrogens with two attached hydrogens (primary N) is 1. The summed E-state index contributed by atoms with van der Waals surface area (Å²) in [5.41, 5.74) is 6.58. The van der Waals surface area contributed by atoms with E-state index in [2.05, 4.69) is 4.98 Å². The molecule has 0 aromatic carbocycles. The van der Waals surface area contributed by atoms with Crippen LogP contribution in [0, 0.1) is 6.92 Å². The van der Waals surface area contributed by atoms with Crippen molar-refractivity contribution in [1.29, 1.82) is 0 Å². The summed E-state index contributed by atoms with van der Waals surface area (Å²) in [6.45, 7) is 4.67. The summed E-state index contributed by atoms with van der Waals surface area (Å²) < 4.78 is 7.01. The molecule has 1 aromatic heterocycles. The number of imidazole rings is 1. The van der Waals surface area contributed by atoms with Gasteiger partial charge in [-0.2, -0.15) is 0 Å². The molecule has 2 N–H and O–H groups in total. The maximum absolute atomic E-state index is 5.64. The van der Waals surface area contributed by atoms with E-state index in [0.717, 1.165) is 12.2 Å². The second-order valence-corrected chi connectivity index (χ2v) is 2.94. The van der Waals surface area contributed by atoms with Crippen LogP contribution in [0.3, 0.4) is 0 Å². The third kappa shape index (κ3) is 1.98. The van der Waals surface area contributed by atoms with Crippen molar-refractivity contribution in [2.24, 2.45) is 0 Å². The minimum atomic E-state index is 0.167. The van der Waals surface area contributed by atoms with Crippen LogP contribution in [0.15, 0.2) is 6.20 Å². The highest BCUT2D eigenvalue weighted by Crippen LogP contribution is 2.05. The summed E-state index contributed by atoms with van der Waals surface area (Å²) in [6.07, 6.45) is 2.09. The normalized spacial score (nSPS) is 13.2. The molecule has 1 heterocycles. The summed E-state index contributed by atoms with van der Waals surface area (Å²) >= 11 is 0. The van der Waals surface area contributed by atoms with Gasteiger partial charge in [0.2, 0.25) is 0 Å². The lowest BCUT2D eigenvalue weighted by atomic mass is 10.4. The van der Waals surface area contributed by atoms with E-state index in [9.17, 15) is 0 Å². The van der Waals surface area contributed by atoms with E-state index in [-0.39, 0.29) is 6.10 Å². The Labute approximate surface area is 72.3 Å². The highest BCUT2D eigenvalue weighted by molar-refractivity contribution is 5.21. The van der Waals surface area contributed by atoms with Crippen molar-refractivity contribution < 1.29 is 4.74 Å². The van der Waals surface area contributed by atoms with Crippen molar-refractivity contribution in [2.45, 2.75) is 26.5 Å². The van der Waals surface area contributed by atoms with Gasteiger partial charge in [0.05, 0.1) is 18.3 Å². The van der Waals surface area contributed by atoms with E-state index < -0.39 is 0 Å². The number of nitrogens with zero attached hydrogens (tertiary/aromatic N) is 2. The molecule has 4 heteroatoms. The van der Waals surface area contributed by atoms with E-state index >= 15 is 0 Å². The molecule has 1 rings (SSSR count). The lowest BCUT2D eigenvalue weighted by molar-refractivity contribution is 0.104. The standard InChI is InChI=1S/C8H15N3O/c1-6-4-11(8(9)10-6)5-7(2)12-3/h4,7H,5H2,1-3H3,(H2,9,10). The maximum Gasteiger partial charge on any atom is 0.200 e. The van der Waals surface area contributed by atoms with E-state index in [1.165, 1.54) is 0 Å². The van der Waals surface area contributed by atoms with Crippen LogP contribution in [0.4, 0.5) is 5.95 Å². The SMILES string of the molecule is COC(C)Cn1cc(C)nc1N. The zero-order chi connectivity index (χ0) is 9.14. The number of aryl methyl sites for hydroxylation is 1. The molecule has 0 amide bonds. The minimum absolute atomic E-state index is 0.167. The van der Waals surface area contributed by atoms with Crippen LogP contribution < -0.4 is 5.73 Å². The van der Waals surface area contributed by atoms with Crippen LogP contribution in [0.2, 0.25) is 0 Å². The number of anilines is 1. The van der Waals surface area contributed by atoms with Gasteiger partial charge in [0.25, 0.3) is 0 Å². The van der Waals surface area contributed by atoms with Gasteiger partial charge in [0, 0.05) is 13.3 Å². The van der Waals surface area contributed by atoms with Crippen LogP contribution in [0.5, 0.6) is 0 Å². The Kier molecular flexibility index (Phi) is 2.70. The predicted octanol–water partition coefficient (Wildman–Crippen LogP) is 0.809. The molecular formula is C8H15N3O. The first kappa shape index (κ1) is 9.06. The van der Waals surface area contributed by atoms with Gasteiger partial charge in [0.1, 0.15) is 0 Å². The first-order chi connectivity index (χ1) is 5.63. The lowest BCUT2D eigenvalue weighted by Gasteiger charge is -2.10. The molecule has 0 saturated heterocycles. The van der Waals surface area contributed by atoms with Crippen LogP contribution >= 0.6 is 0 Å². The molecule has 0 aliphatic carbocycles. The van der Waals surface area contributed by atoms with Gasteiger partial charge in [-0.15, -0.1) is 0 Å². The molecule has 0 bridgehead atoms. The summed E-state index contributed by atoms with van der Waals surface area (Å²) in [6, 6.07) is 0. The molecule has 0 aliphatic rings. The van der Waals surface area contributed by atoms with Gasteiger partial charge < -0.3 is 15.0 Å². The second-order valence-electron chi connectivity index (χ2n) is 2.94. The highest BCUT2D eigenvalue weighted by Gasteiger charge is 2.05. The van der Waals surface area contributed by atoms with E-state index in [4.69, 9.17) is 10.5 Å². The van der Waals surface area contributed by atoms with Crippen LogP contribution in [0.1, 0.15) is 12.6 Å². The summed E-state index contributed by atoms with van der Waals surface area (Å²) in [5, 5.41) is 0. The number of nitrogen functional groups attached to an aromatic ring is 1. The lowest BCUT2D eigenvalue weighted by Crippen LogP contribution is -2.15. The minimum Gasteiger partial charge on any atom is -0.380 e. The smallest absolute Gasteiger partial charge is 0.200 e. The largest absolute Gasteiger partial charge is 0.380 e. The number of hydrogen-bond acceptors (Lipinski definition) is 3. The Balaban J connectivity index is 2.68. The molecule has 68 valence electrons. The van der Waals surface area contributed by atoms with Gasteiger partial charge in [-0.05, 0) is 13.8 Å². The Morgan fingerprint density at radius 2 is 2.42 bits per heavy atom. The molecule has 1 aromatic rings. The third-order valence-electron chi connectivity index (χ3n) is 1.78. The molecule has 12 heavy (non-hydrogen) atoms. The van der Waals surface area contributed by atoms with Crippen LogP contribution in [0.25, 0.3) is 0 Å². The number of ether oxygens (including phenoxy) is 1. The third-order valence-corrected chi connectivity index (χ3v) is 1.78. The number of rotatable bonds is 3. The summed E-state index contributed by atoms with van der Waals surface area (Å²) in [5.74, 6) is 0.552. The predicted molar refractivity (Wildman–Crippen MR) is 47.8 cm³/mol. The average molecular weight is 169 g/mol. The average Bonchev–Trinajstić information content (AvgIpc) is 2.30. The highest BCUT2D eigenvalue weighted by atomic mass is 16.5. The summed E-state index contributed by atoms with van der Waals surface area (Å²) in [4.78, 5) is 4.08. The van der Waals surface area contributed by atoms with Crippen molar-refractivity contribution in [3.63, 3.8) is 0 Å². The van der Waals surface area contributed by atoms with Gasteiger partial charge >= 0.3 is 0 Å². The number of hydrogen-bond donors (Lipinski definition) is 1. The Morgan fingerprint density at radius 3 is 2.83 bits per heavy atom. The monoisotopic (exact) mass is 169 g/mol. The Bertz CT molecular complexity index is 257. The molecule has 1 unspecified atom stereocenters. The zero-order valence-corrected chi connectivity index (χ0v) is 7.74. The fraction of sp³-hybridized carbons (Fsp3) is 0.625. The van der Waals surface area contributed by atoms with Gasteiger partial charge in [-0.25, -0.2) is 4.98 Å². The summed E-state index contributed by atoms with van der Waals surface area (Å²) in [7, 11) is 1.69. The fourth-order valence-corrected chi connectivity index (χ4v) is 1.06. The second kappa shape index (κ2) is 3.58. The molecule has 1 atom stereocenters. The molecular weight excluding hydrogens is 154 g/mol. The maximum atomic E-state index is 5.64. The molecule has 0 fully saturated rings. The van der Waals surface area contributed by atoms with Crippen molar-refractivity contribution in [3.05, 3.63) is 11.9 Å². The fourth-order valence-electron chi connectivity index (χ4n) is 1.06. The molecule has 4 nitrogen and oxygen atoms in total. The Morgan fingerprint density at radius 1 is 1.75 bits per heavy atom. The quantitative estimate of drug-likeness (QED) is 0.728. The van der Waals surface area contributed by atoms with E-state index in [1.807, 2.05) is 24.6 Å². The first-order valence-corrected chi connectivity index (χ1v) is 3.95. The first-order valence-electron chi connectivity index (χ1n) is 3.95. The Hall–Kier alpha value is -1.03. The van der Waals surface area contributed by atoms with Crippen molar-refractivity contribution in [2.75, 3.05) is 12.8 Å². The zero-order valence-electron chi connectivity index (χ0n) is 7.74. The van der Waals surface area contributed by atoms with Gasteiger partial charge in [-0.3, -0.25) is 0 Å². The number of methoxy groups -OCH3 is 1. The van der Waals surface area contributed by atoms with Crippen LogP contribution in [-0.2, 0) is 11.3 Å². The van der Waals surface area contributed by atoms with Gasteiger partial charge in [-0.1, -0.05) is 0 Å². The van der Waals surface area contributed by atoms with Crippen molar-refractivity contribution in [1.82, 2.24) is 9.55 Å². The molecule has 0 spiro atoms. The van der Waals surface area contributed by atoms with Gasteiger partial charge in [0.15, 0.2) is 5.95 Å².